The molecule has 1 saturated heterocycles. The zero-order valence-electron chi connectivity index (χ0n) is 16.8. The van der Waals surface area contributed by atoms with Crippen LogP contribution in [0.5, 0.6) is 0 Å². The Morgan fingerprint density at radius 1 is 1.00 bits per heavy atom. The number of thiocarbonyl (C=S) groups is 1. The van der Waals surface area contributed by atoms with Gasteiger partial charge in [-0.3, -0.25) is 4.79 Å². The number of unbranched alkanes of at least 4 members (excludes halogenated alkanes) is 1. The molecular weight excluding hydrogens is 366 g/mol. The predicted molar refractivity (Wildman–Crippen MR) is 122 cm³/mol. The number of carbonyl (C=O) groups excluding carboxylic acids is 1. The molecule has 0 aliphatic carbocycles. The Morgan fingerprint density at radius 3 is 2.21 bits per heavy atom. The smallest absolute Gasteiger partial charge is 0.173 e. The van der Waals surface area contributed by atoms with E-state index in [2.05, 4.69) is 46.3 Å². The Bertz CT molecular complexity index is 794. The SMILES string of the molecule is CCCCc1ccc(NC(=S)N2CCN(c3ccc(C(C)=O)cc3)CC2)cc1. The third-order valence-electron chi connectivity index (χ3n) is 5.23. The highest BCUT2D eigenvalue weighted by Gasteiger charge is 2.19. The average molecular weight is 396 g/mol. The number of nitrogens with one attached hydrogen (secondary N) is 1. The number of hydrogen-bond donors (Lipinski definition) is 1. The highest BCUT2D eigenvalue weighted by molar-refractivity contribution is 7.80. The molecule has 1 N–H and O–H groups in total. The zero-order valence-corrected chi connectivity index (χ0v) is 17.6. The minimum absolute atomic E-state index is 0.103. The summed E-state index contributed by atoms with van der Waals surface area (Å²) in [5, 5.41) is 4.16. The maximum atomic E-state index is 11.4. The number of nitrogens with zero attached hydrogens (tertiary/aromatic N) is 2. The number of rotatable bonds is 6. The van der Waals surface area contributed by atoms with Crippen LogP contribution in [0.1, 0.15) is 42.6 Å². The van der Waals surface area contributed by atoms with Gasteiger partial charge in [-0.05, 0) is 73.9 Å². The van der Waals surface area contributed by atoms with Crippen molar-refractivity contribution in [3.63, 3.8) is 0 Å². The minimum Gasteiger partial charge on any atom is -0.368 e. The van der Waals surface area contributed by atoms with Gasteiger partial charge >= 0.3 is 0 Å². The monoisotopic (exact) mass is 395 g/mol. The number of ketones is 1. The molecule has 0 radical (unpaired) electrons. The van der Waals surface area contributed by atoms with Crippen molar-refractivity contribution >= 4 is 34.5 Å². The third-order valence-corrected chi connectivity index (χ3v) is 5.59. The van der Waals surface area contributed by atoms with Crippen LogP contribution in [-0.2, 0) is 6.42 Å². The Balaban J connectivity index is 1.50. The quantitative estimate of drug-likeness (QED) is 0.564. The van der Waals surface area contributed by atoms with Gasteiger partial charge in [-0.15, -0.1) is 0 Å². The molecule has 5 heteroatoms. The second-order valence-electron chi connectivity index (χ2n) is 7.31. The molecule has 0 unspecified atom stereocenters. The Morgan fingerprint density at radius 2 is 1.64 bits per heavy atom. The van der Waals surface area contributed by atoms with Crippen molar-refractivity contribution in [1.82, 2.24) is 4.90 Å². The van der Waals surface area contributed by atoms with E-state index in [0.29, 0.717) is 0 Å². The molecule has 0 aromatic heterocycles. The fraction of sp³-hybridized carbons (Fsp3) is 0.391. The fourth-order valence-corrected chi connectivity index (χ4v) is 3.71. The van der Waals surface area contributed by atoms with Gasteiger partial charge in [-0.25, -0.2) is 0 Å². The van der Waals surface area contributed by atoms with Crippen LogP contribution >= 0.6 is 12.2 Å². The predicted octanol–water partition coefficient (Wildman–Crippen LogP) is 4.75. The second-order valence-corrected chi connectivity index (χ2v) is 7.69. The van der Waals surface area contributed by atoms with Gasteiger partial charge in [0.05, 0.1) is 0 Å². The number of aryl methyl sites for hydroxylation is 1. The number of Topliss-reactive ketones (excluding diaryl/α,β-unsaturated/α-hetero) is 1. The number of anilines is 2. The molecule has 2 aromatic carbocycles. The van der Waals surface area contributed by atoms with Gasteiger partial charge in [-0.1, -0.05) is 25.5 Å². The number of piperazine rings is 1. The molecular formula is C23H29N3OS. The van der Waals surface area contributed by atoms with Crippen LogP contribution in [0.3, 0.4) is 0 Å². The molecule has 0 atom stereocenters. The van der Waals surface area contributed by atoms with E-state index in [4.69, 9.17) is 12.2 Å². The van der Waals surface area contributed by atoms with Crippen molar-refractivity contribution in [1.29, 1.82) is 0 Å². The maximum absolute atomic E-state index is 11.4. The van der Waals surface area contributed by atoms with Crippen LogP contribution in [-0.4, -0.2) is 42.0 Å². The lowest BCUT2D eigenvalue weighted by Gasteiger charge is -2.37. The van der Waals surface area contributed by atoms with E-state index in [1.165, 1.54) is 18.4 Å². The summed E-state index contributed by atoms with van der Waals surface area (Å²) in [6.07, 6.45) is 3.58. The standard InChI is InChI=1S/C23H29N3OS/c1-3-4-5-19-6-10-21(11-7-19)24-23(28)26-16-14-25(15-17-26)22-12-8-20(9-13-22)18(2)27/h6-13H,3-5,14-17H2,1-2H3,(H,24,28). The van der Waals surface area contributed by atoms with Crippen LogP contribution in [0.25, 0.3) is 0 Å². The second kappa shape index (κ2) is 9.69. The summed E-state index contributed by atoms with van der Waals surface area (Å²) in [5.41, 5.74) is 4.34. The Labute approximate surface area is 173 Å². The van der Waals surface area contributed by atoms with Gasteiger partial charge in [0, 0.05) is 43.1 Å². The summed E-state index contributed by atoms with van der Waals surface area (Å²) in [5.74, 6) is 0.103. The van der Waals surface area contributed by atoms with E-state index < -0.39 is 0 Å². The lowest BCUT2D eigenvalue weighted by molar-refractivity contribution is 0.101. The first kappa shape index (κ1) is 20.3. The maximum Gasteiger partial charge on any atom is 0.173 e. The van der Waals surface area contributed by atoms with Gasteiger partial charge in [0.15, 0.2) is 10.9 Å². The van der Waals surface area contributed by atoms with E-state index in [1.807, 2.05) is 24.3 Å². The summed E-state index contributed by atoms with van der Waals surface area (Å²) < 4.78 is 0. The lowest BCUT2D eigenvalue weighted by Crippen LogP contribution is -2.50. The van der Waals surface area contributed by atoms with E-state index >= 15 is 0 Å². The van der Waals surface area contributed by atoms with Gasteiger partial charge in [0.2, 0.25) is 0 Å². The summed E-state index contributed by atoms with van der Waals surface area (Å²) in [7, 11) is 0. The third kappa shape index (κ3) is 5.32. The summed E-state index contributed by atoms with van der Waals surface area (Å²) in [6, 6.07) is 16.5. The van der Waals surface area contributed by atoms with Crippen LogP contribution in [0.15, 0.2) is 48.5 Å². The van der Waals surface area contributed by atoms with Gasteiger partial charge in [0.25, 0.3) is 0 Å². The average Bonchev–Trinajstić information content (AvgIpc) is 2.73. The first-order valence-corrected chi connectivity index (χ1v) is 10.5. The molecule has 3 rings (SSSR count). The highest BCUT2D eigenvalue weighted by atomic mass is 32.1. The molecule has 148 valence electrons. The molecule has 0 amide bonds. The summed E-state index contributed by atoms with van der Waals surface area (Å²) in [4.78, 5) is 16.0. The number of hydrogen-bond acceptors (Lipinski definition) is 3. The van der Waals surface area contributed by atoms with Crippen molar-refractivity contribution in [3.8, 4) is 0 Å². The van der Waals surface area contributed by atoms with Crippen LogP contribution in [0.2, 0.25) is 0 Å². The van der Waals surface area contributed by atoms with Crippen molar-refractivity contribution in [2.75, 3.05) is 36.4 Å². The van der Waals surface area contributed by atoms with Gasteiger partial charge in [0.1, 0.15) is 0 Å². The molecule has 0 saturated carbocycles. The molecule has 1 aliphatic heterocycles. The van der Waals surface area contributed by atoms with E-state index in [0.717, 1.165) is 54.7 Å². The molecule has 1 heterocycles. The topological polar surface area (TPSA) is 35.6 Å². The molecule has 0 spiro atoms. The normalized spacial score (nSPS) is 14.1. The van der Waals surface area contributed by atoms with Crippen molar-refractivity contribution in [2.24, 2.45) is 0 Å². The van der Waals surface area contributed by atoms with Crippen molar-refractivity contribution < 1.29 is 4.79 Å². The Hall–Kier alpha value is -2.40. The molecule has 1 aliphatic rings. The van der Waals surface area contributed by atoms with Gasteiger partial charge < -0.3 is 15.1 Å². The molecule has 2 aromatic rings. The molecule has 0 bridgehead atoms. The lowest BCUT2D eigenvalue weighted by atomic mass is 10.1. The van der Waals surface area contributed by atoms with Crippen LogP contribution < -0.4 is 10.2 Å². The minimum atomic E-state index is 0.103. The molecule has 4 nitrogen and oxygen atoms in total. The molecule has 1 fully saturated rings. The number of carbonyl (C=O) groups is 1. The first-order chi connectivity index (χ1) is 13.6. The zero-order chi connectivity index (χ0) is 19.9. The molecule has 28 heavy (non-hydrogen) atoms. The van der Waals surface area contributed by atoms with E-state index in [9.17, 15) is 4.79 Å². The van der Waals surface area contributed by atoms with E-state index in [1.54, 1.807) is 6.92 Å². The Kier molecular flexibility index (Phi) is 7.04. The van der Waals surface area contributed by atoms with Gasteiger partial charge in [-0.2, -0.15) is 0 Å². The van der Waals surface area contributed by atoms with Crippen LogP contribution in [0.4, 0.5) is 11.4 Å². The van der Waals surface area contributed by atoms with E-state index in [-0.39, 0.29) is 5.78 Å². The first-order valence-electron chi connectivity index (χ1n) is 10.1. The summed E-state index contributed by atoms with van der Waals surface area (Å²) >= 11 is 5.62. The highest BCUT2D eigenvalue weighted by Crippen LogP contribution is 2.19. The summed E-state index contributed by atoms with van der Waals surface area (Å²) in [6.45, 7) is 7.41. The van der Waals surface area contributed by atoms with Crippen molar-refractivity contribution in [2.45, 2.75) is 33.1 Å². The largest absolute Gasteiger partial charge is 0.368 e. The van der Waals surface area contributed by atoms with Crippen molar-refractivity contribution in [3.05, 3.63) is 59.7 Å². The van der Waals surface area contributed by atoms with Crippen LogP contribution in [0, 0.1) is 0 Å². The fourth-order valence-electron chi connectivity index (χ4n) is 3.41. The number of benzene rings is 2.